The first-order chi connectivity index (χ1) is 6.42. The third-order valence-corrected chi connectivity index (χ3v) is 4.15. The zero-order valence-electron chi connectivity index (χ0n) is 7.85. The first-order valence-corrected chi connectivity index (χ1v) is 5.75. The highest BCUT2D eigenvalue weighted by Gasteiger charge is 2.54. The Bertz CT molecular complexity index is 233. The van der Waals surface area contributed by atoms with Crippen molar-refractivity contribution in [3.8, 4) is 0 Å². The van der Waals surface area contributed by atoms with Gasteiger partial charge < -0.3 is 10.0 Å². The molecule has 2 aliphatic heterocycles. The molecule has 2 nitrogen and oxygen atoms in total. The van der Waals surface area contributed by atoms with E-state index in [1.165, 1.54) is 0 Å². The summed E-state index contributed by atoms with van der Waals surface area (Å²) in [4.78, 5) is -0.956. The molecule has 82 valence electrons. The van der Waals surface area contributed by atoms with Gasteiger partial charge in [0.15, 0.2) is 0 Å². The van der Waals surface area contributed by atoms with Crippen molar-refractivity contribution in [3.63, 3.8) is 0 Å². The molecule has 2 atom stereocenters. The second-order valence-electron chi connectivity index (χ2n) is 4.32. The minimum absolute atomic E-state index is 0.150. The summed E-state index contributed by atoms with van der Waals surface area (Å²) < 4.78 is 26.2. The summed E-state index contributed by atoms with van der Waals surface area (Å²) in [6.07, 6.45) is 2.34. The molecule has 2 rings (SSSR count). The lowest BCUT2D eigenvalue weighted by Crippen LogP contribution is -2.54. The molecule has 0 amide bonds. The zero-order valence-corrected chi connectivity index (χ0v) is 9.43. The maximum Gasteiger partial charge on any atom is 0.329 e. The van der Waals surface area contributed by atoms with Crippen molar-refractivity contribution < 1.29 is 13.9 Å². The largest absolute Gasteiger partial charge is 0.382 e. The Morgan fingerprint density at radius 2 is 2.14 bits per heavy atom. The Labute approximate surface area is 90.4 Å². The lowest BCUT2D eigenvalue weighted by Gasteiger charge is -2.42. The molecule has 1 N–H and O–H groups in total. The van der Waals surface area contributed by atoms with E-state index >= 15 is 0 Å². The van der Waals surface area contributed by atoms with Gasteiger partial charge in [-0.15, -0.1) is 0 Å². The fraction of sp³-hybridized carbons (Fsp3) is 1.00. The predicted molar refractivity (Wildman–Crippen MR) is 52.7 cm³/mol. The van der Waals surface area contributed by atoms with Gasteiger partial charge in [0.05, 0.1) is 0 Å². The molecule has 0 spiro atoms. The molecule has 0 aromatic carbocycles. The summed E-state index contributed by atoms with van der Waals surface area (Å²) >= 11 is 2.29. The van der Waals surface area contributed by atoms with Crippen molar-refractivity contribution in [2.24, 2.45) is 0 Å². The molecule has 5 heteroatoms. The van der Waals surface area contributed by atoms with Crippen LogP contribution < -0.4 is 0 Å². The van der Waals surface area contributed by atoms with Crippen LogP contribution in [0.15, 0.2) is 0 Å². The van der Waals surface area contributed by atoms with Crippen molar-refractivity contribution in [3.05, 3.63) is 0 Å². The number of hydrogen-bond donors (Lipinski definition) is 1. The second-order valence-corrected chi connectivity index (χ2v) is 5.31. The highest BCUT2D eigenvalue weighted by molar-refractivity contribution is 9.10. The number of nitrogens with zero attached hydrogens (tertiary/aromatic N) is 1. The maximum atomic E-state index is 13.1. The summed E-state index contributed by atoms with van der Waals surface area (Å²) in [6, 6.07) is 0.150. The van der Waals surface area contributed by atoms with Gasteiger partial charge in [-0.2, -0.15) is 8.78 Å². The SMILES string of the molecule is OC1(C(F)(F)Br)CCN2CCCC2C1. The lowest BCUT2D eigenvalue weighted by molar-refractivity contribution is -0.150. The molecule has 2 aliphatic rings. The number of hydrogen-bond acceptors (Lipinski definition) is 2. The van der Waals surface area contributed by atoms with Crippen molar-refractivity contribution in [1.82, 2.24) is 4.90 Å². The molecule has 2 fully saturated rings. The molecule has 0 saturated carbocycles. The molecule has 0 aromatic rings. The smallest absolute Gasteiger partial charge is 0.329 e. The zero-order chi connectivity index (χ0) is 10.4. The van der Waals surface area contributed by atoms with E-state index in [1.54, 1.807) is 0 Å². The average Bonchev–Trinajstić information content (AvgIpc) is 2.48. The molecule has 0 radical (unpaired) electrons. The van der Waals surface area contributed by atoms with Gasteiger partial charge in [0.1, 0.15) is 5.60 Å². The molecule has 2 saturated heterocycles. The van der Waals surface area contributed by atoms with Crippen molar-refractivity contribution in [2.75, 3.05) is 13.1 Å². The van der Waals surface area contributed by atoms with Crippen LogP contribution in [-0.2, 0) is 0 Å². The van der Waals surface area contributed by atoms with Gasteiger partial charge in [-0.1, -0.05) is 0 Å². The predicted octanol–water partition coefficient (Wildman–Crippen LogP) is 1.96. The summed E-state index contributed by atoms with van der Waals surface area (Å²) in [5.41, 5.74) is -1.85. The Balaban J connectivity index is 2.10. The second kappa shape index (κ2) is 3.39. The van der Waals surface area contributed by atoms with Crippen LogP contribution in [0, 0.1) is 0 Å². The van der Waals surface area contributed by atoms with Crippen LogP contribution in [0.5, 0.6) is 0 Å². The van der Waals surface area contributed by atoms with E-state index in [9.17, 15) is 13.9 Å². The van der Waals surface area contributed by atoms with Crippen LogP contribution >= 0.6 is 15.9 Å². The number of fused-ring (bicyclic) bond motifs is 1. The minimum atomic E-state index is -3.16. The fourth-order valence-corrected chi connectivity index (χ4v) is 2.86. The monoisotopic (exact) mass is 269 g/mol. The maximum absolute atomic E-state index is 13.1. The third-order valence-electron chi connectivity index (χ3n) is 3.41. The van der Waals surface area contributed by atoms with Crippen LogP contribution in [0.3, 0.4) is 0 Å². The number of rotatable bonds is 1. The van der Waals surface area contributed by atoms with E-state index in [4.69, 9.17) is 0 Å². The Morgan fingerprint density at radius 1 is 1.43 bits per heavy atom. The minimum Gasteiger partial charge on any atom is -0.382 e. The number of aliphatic hydroxyl groups is 1. The Hall–Kier alpha value is 0.260. The fourth-order valence-electron chi connectivity index (χ4n) is 2.50. The van der Waals surface area contributed by atoms with E-state index in [2.05, 4.69) is 20.8 Å². The number of halogens is 3. The topological polar surface area (TPSA) is 23.5 Å². The van der Waals surface area contributed by atoms with E-state index in [0.29, 0.717) is 6.54 Å². The molecule has 14 heavy (non-hydrogen) atoms. The van der Waals surface area contributed by atoms with Crippen LogP contribution in [0.25, 0.3) is 0 Å². The van der Waals surface area contributed by atoms with Gasteiger partial charge in [-0.25, -0.2) is 0 Å². The quantitative estimate of drug-likeness (QED) is 0.736. The molecule has 2 unspecified atom stereocenters. The first kappa shape index (κ1) is 10.8. The van der Waals surface area contributed by atoms with E-state index < -0.39 is 10.4 Å². The van der Waals surface area contributed by atoms with E-state index in [-0.39, 0.29) is 18.9 Å². The Morgan fingerprint density at radius 3 is 2.79 bits per heavy atom. The normalized spacial score (nSPS) is 39.9. The van der Waals surface area contributed by atoms with Gasteiger partial charge in [-0.3, -0.25) is 0 Å². The van der Waals surface area contributed by atoms with Crippen LogP contribution in [-0.4, -0.2) is 39.6 Å². The van der Waals surface area contributed by atoms with Gasteiger partial charge in [0, 0.05) is 12.6 Å². The molecule has 0 aromatic heterocycles. The standard InChI is InChI=1S/C9H14BrF2NO/c10-9(11,12)8(14)3-5-13-4-1-2-7(13)6-8/h7,14H,1-6H2. The molecule has 2 heterocycles. The van der Waals surface area contributed by atoms with Crippen molar-refractivity contribution in [1.29, 1.82) is 0 Å². The molecule has 0 bridgehead atoms. The highest BCUT2D eigenvalue weighted by Crippen LogP contribution is 2.45. The first-order valence-electron chi connectivity index (χ1n) is 4.95. The van der Waals surface area contributed by atoms with E-state index in [1.807, 2.05) is 0 Å². The molecular weight excluding hydrogens is 256 g/mol. The van der Waals surface area contributed by atoms with Gasteiger partial charge in [-0.05, 0) is 48.2 Å². The van der Waals surface area contributed by atoms with E-state index in [0.717, 1.165) is 19.4 Å². The average molecular weight is 270 g/mol. The van der Waals surface area contributed by atoms with Gasteiger partial charge in [0.25, 0.3) is 0 Å². The third kappa shape index (κ3) is 1.70. The molecule has 0 aliphatic carbocycles. The van der Waals surface area contributed by atoms with Crippen LogP contribution in [0.4, 0.5) is 8.78 Å². The highest BCUT2D eigenvalue weighted by atomic mass is 79.9. The Kier molecular flexibility index (Phi) is 2.60. The lowest BCUT2D eigenvalue weighted by atomic mass is 9.87. The van der Waals surface area contributed by atoms with Crippen LogP contribution in [0.2, 0.25) is 0 Å². The van der Waals surface area contributed by atoms with Crippen molar-refractivity contribution >= 4 is 15.9 Å². The number of piperidine rings is 1. The molecular formula is C9H14BrF2NO. The van der Waals surface area contributed by atoms with Crippen LogP contribution in [0.1, 0.15) is 25.7 Å². The van der Waals surface area contributed by atoms with Gasteiger partial charge in [0.2, 0.25) is 0 Å². The summed E-state index contributed by atoms with van der Waals surface area (Å²) in [5, 5.41) is 9.83. The summed E-state index contributed by atoms with van der Waals surface area (Å²) in [6.45, 7) is 1.58. The van der Waals surface area contributed by atoms with Crippen molar-refractivity contribution in [2.45, 2.75) is 42.2 Å². The number of alkyl halides is 3. The summed E-state index contributed by atoms with van der Waals surface area (Å²) in [7, 11) is 0. The summed E-state index contributed by atoms with van der Waals surface area (Å²) in [5.74, 6) is 0. The van der Waals surface area contributed by atoms with Gasteiger partial charge >= 0.3 is 4.83 Å².